The molecule has 0 saturated heterocycles. The first-order chi connectivity index (χ1) is 29.3. The molecule has 4 nitrogen and oxygen atoms in total. The largest absolute Gasteiger partial charge is 0.308 e. The molecule has 0 N–H and O–H groups in total. The van der Waals surface area contributed by atoms with Gasteiger partial charge in [0.1, 0.15) is 0 Å². The topological polar surface area (TPSA) is 35.6 Å². The zero-order valence-electron chi connectivity index (χ0n) is 31.7. The van der Waals surface area contributed by atoms with Gasteiger partial charge in [0.25, 0.3) is 0 Å². The molecule has 13 rings (SSSR count). The number of thiophene rings is 1. The Morgan fingerprint density at radius 1 is 0.390 bits per heavy atom. The summed E-state index contributed by atoms with van der Waals surface area (Å²) in [6, 6.07) is 69.8. The molecule has 13 aromatic rings. The predicted molar refractivity (Wildman–Crippen MR) is 249 cm³/mol. The van der Waals surface area contributed by atoms with E-state index in [9.17, 15) is 0 Å². The van der Waals surface area contributed by atoms with Crippen molar-refractivity contribution in [3.8, 4) is 34.0 Å². The molecular weight excluding hydrogens is 737 g/mol. The number of fused-ring (bicyclic) bond motifs is 14. The standard InChI is InChI=1S/C54H32N4S/c1-3-17-33(18-4-1)50-38-23-9-13-27-42(38)55-54(56-50)37-31-32-45(36-22-8-7-21-35(36)37)58-44-29-15-11-25-40(44)48-52(58)47-39-24-10-14-28-43(39)57(34-19-5-2-6-20-34)51(47)49-41-26-12-16-30-46(41)59-53(48)49/h1-32H. The molecule has 0 radical (unpaired) electrons. The number of para-hydroxylation sites is 4. The lowest BCUT2D eigenvalue weighted by atomic mass is 10.00. The third kappa shape index (κ3) is 4.59. The third-order valence-corrected chi connectivity index (χ3v) is 13.3. The van der Waals surface area contributed by atoms with Crippen molar-refractivity contribution in [1.29, 1.82) is 0 Å². The number of benzene rings is 9. The number of nitrogens with zero attached hydrogens (tertiary/aromatic N) is 4. The molecule has 0 aliphatic rings. The van der Waals surface area contributed by atoms with Gasteiger partial charge in [-0.25, -0.2) is 9.97 Å². The Balaban J connectivity index is 1.20. The van der Waals surface area contributed by atoms with E-state index in [1.54, 1.807) is 0 Å². The van der Waals surface area contributed by atoms with Crippen LogP contribution in [0.2, 0.25) is 0 Å². The molecule has 0 bridgehead atoms. The van der Waals surface area contributed by atoms with Gasteiger partial charge in [-0.2, -0.15) is 0 Å². The Bertz CT molecular complexity index is 3840. The van der Waals surface area contributed by atoms with Crippen LogP contribution in [0.25, 0.3) is 119 Å². The van der Waals surface area contributed by atoms with E-state index in [0.29, 0.717) is 5.82 Å². The molecule has 274 valence electrons. The number of aromatic nitrogens is 4. The summed E-state index contributed by atoms with van der Waals surface area (Å²) in [6.45, 7) is 0. The van der Waals surface area contributed by atoms with Crippen LogP contribution in [0, 0.1) is 0 Å². The number of hydrogen-bond acceptors (Lipinski definition) is 3. The molecule has 59 heavy (non-hydrogen) atoms. The smallest absolute Gasteiger partial charge is 0.161 e. The highest BCUT2D eigenvalue weighted by atomic mass is 32.1. The van der Waals surface area contributed by atoms with E-state index in [0.717, 1.165) is 49.9 Å². The summed E-state index contributed by atoms with van der Waals surface area (Å²) < 4.78 is 7.64. The normalized spacial score (nSPS) is 12.1. The van der Waals surface area contributed by atoms with Crippen LogP contribution in [0.15, 0.2) is 194 Å². The lowest BCUT2D eigenvalue weighted by molar-refractivity contribution is 1.18. The Labute approximate surface area is 342 Å². The fraction of sp³-hybridized carbons (Fsp3) is 0. The van der Waals surface area contributed by atoms with Gasteiger partial charge in [-0.15, -0.1) is 11.3 Å². The molecule has 0 aliphatic carbocycles. The summed E-state index contributed by atoms with van der Waals surface area (Å²) >= 11 is 1.90. The average Bonchev–Trinajstić information content (AvgIpc) is 3.97. The van der Waals surface area contributed by atoms with Crippen LogP contribution in [0.1, 0.15) is 0 Å². The second-order valence-electron chi connectivity index (χ2n) is 15.2. The quantitative estimate of drug-likeness (QED) is 0.179. The maximum absolute atomic E-state index is 5.33. The van der Waals surface area contributed by atoms with Gasteiger partial charge < -0.3 is 9.13 Å². The third-order valence-electron chi connectivity index (χ3n) is 12.1. The second kappa shape index (κ2) is 12.4. The highest BCUT2D eigenvalue weighted by Gasteiger charge is 2.27. The number of hydrogen-bond donors (Lipinski definition) is 0. The molecule has 0 saturated carbocycles. The Hall–Kier alpha value is -7.60. The first-order valence-corrected chi connectivity index (χ1v) is 20.8. The number of rotatable bonds is 4. The van der Waals surface area contributed by atoms with Gasteiger partial charge in [-0.05, 0) is 53.9 Å². The van der Waals surface area contributed by atoms with E-state index in [4.69, 9.17) is 9.97 Å². The van der Waals surface area contributed by atoms with Crippen LogP contribution in [-0.2, 0) is 0 Å². The first-order valence-electron chi connectivity index (χ1n) is 20.0. The lowest BCUT2D eigenvalue weighted by Gasteiger charge is -2.16. The minimum Gasteiger partial charge on any atom is -0.308 e. The van der Waals surface area contributed by atoms with Gasteiger partial charge >= 0.3 is 0 Å². The van der Waals surface area contributed by atoms with E-state index in [-0.39, 0.29) is 0 Å². The van der Waals surface area contributed by atoms with Crippen molar-refractivity contribution < 1.29 is 0 Å². The second-order valence-corrected chi connectivity index (χ2v) is 16.3. The summed E-state index contributed by atoms with van der Waals surface area (Å²) in [5, 5.41) is 10.9. The Morgan fingerprint density at radius 2 is 0.949 bits per heavy atom. The molecule has 4 aromatic heterocycles. The molecule has 4 heterocycles. The zero-order chi connectivity index (χ0) is 38.6. The molecule has 0 aliphatic heterocycles. The van der Waals surface area contributed by atoms with E-state index in [1.165, 1.54) is 63.8 Å². The summed E-state index contributed by atoms with van der Waals surface area (Å²) in [5.74, 6) is 0.716. The summed E-state index contributed by atoms with van der Waals surface area (Å²) in [4.78, 5) is 10.5. The van der Waals surface area contributed by atoms with E-state index >= 15 is 0 Å². The molecule has 0 spiro atoms. The Kier molecular flexibility index (Phi) is 6.85. The molecule has 0 fully saturated rings. The maximum atomic E-state index is 5.33. The molecule has 9 aromatic carbocycles. The van der Waals surface area contributed by atoms with Gasteiger partial charge in [-0.1, -0.05) is 146 Å². The van der Waals surface area contributed by atoms with Crippen molar-refractivity contribution >= 4 is 96.8 Å². The minimum atomic E-state index is 0.716. The van der Waals surface area contributed by atoms with E-state index in [2.05, 4.69) is 197 Å². The van der Waals surface area contributed by atoms with Crippen LogP contribution in [-0.4, -0.2) is 19.1 Å². The van der Waals surface area contributed by atoms with Crippen molar-refractivity contribution in [2.24, 2.45) is 0 Å². The van der Waals surface area contributed by atoms with E-state index in [1.807, 2.05) is 17.4 Å². The van der Waals surface area contributed by atoms with Gasteiger partial charge in [-0.3, -0.25) is 0 Å². The molecule has 0 atom stereocenters. The van der Waals surface area contributed by atoms with Gasteiger partial charge in [0, 0.05) is 69.3 Å². The predicted octanol–water partition coefficient (Wildman–Crippen LogP) is 14.7. The van der Waals surface area contributed by atoms with Crippen molar-refractivity contribution in [3.05, 3.63) is 194 Å². The van der Waals surface area contributed by atoms with Crippen molar-refractivity contribution in [2.45, 2.75) is 0 Å². The monoisotopic (exact) mass is 768 g/mol. The van der Waals surface area contributed by atoms with Crippen molar-refractivity contribution in [1.82, 2.24) is 19.1 Å². The van der Waals surface area contributed by atoms with Crippen LogP contribution in [0.5, 0.6) is 0 Å². The molecule has 5 heteroatoms. The van der Waals surface area contributed by atoms with Crippen molar-refractivity contribution in [3.63, 3.8) is 0 Å². The fourth-order valence-corrected chi connectivity index (χ4v) is 10.9. The summed E-state index contributed by atoms with van der Waals surface area (Å²) in [7, 11) is 0. The van der Waals surface area contributed by atoms with Gasteiger partial charge in [0.05, 0.1) is 39.0 Å². The highest BCUT2D eigenvalue weighted by molar-refractivity contribution is 7.27. The van der Waals surface area contributed by atoms with Gasteiger partial charge in [0.15, 0.2) is 5.82 Å². The van der Waals surface area contributed by atoms with E-state index < -0.39 is 0 Å². The average molecular weight is 769 g/mol. The lowest BCUT2D eigenvalue weighted by Crippen LogP contribution is -1.99. The SMILES string of the molecule is c1ccc(-c2nc(-c3ccc(-n4c5ccccc5c5c6sc7ccccc7c6c6c(c7ccccc7n6-c6ccccc6)c54)c4ccccc34)nc3ccccc23)cc1. The fourth-order valence-electron chi connectivity index (χ4n) is 9.66. The van der Waals surface area contributed by atoms with Crippen LogP contribution < -0.4 is 0 Å². The molecule has 0 amide bonds. The van der Waals surface area contributed by atoms with Crippen LogP contribution in [0.4, 0.5) is 0 Å². The maximum Gasteiger partial charge on any atom is 0.161 e. The highest BCUT2D eigenvalue weighted by Crippen LogP contribution is 2.51. The zero-order valence-corrected chi connectivity index (χ0v) is 32.5. The van der Waals surface area contributed by atoms with Crippen molar-refractivity contribution in [2.75, 3.05) is 0 Å². The minimum absolute atomic E-state index is 0.716. The molecular formula is C54H32N4S. The van der Waals surface area contributed by atoms with Gasteiger partial charge in [0.2, 0.25) is 0 Å². The first kappa shape index (κ1) is 32.5. The Morgan fingerprint density at radius 3 is 1.73 bits per heavy atom. The van der Waals surface area contributed by atoms with Crippen LogP contribution in [0.3, 0.4) is 0 Å². The molecule has 0 unspecified atom stereocenters. The summed E-state index contributed by atoms with van der Waals surface area (Å²) in [6.07, 6.45) is 0. The summed E-state index contributed by atoms with van der Waals surface area (Å²) in [5.41, 5.74) is 11.0. The van der Waals surface area contributed by atoms with Crippen LogP contribution >= 0.6 is 11.3 Å².